The number of aliphatic hydroxyl groups excluding tert-OH is 9. The fourth-order valence-electron chi connectivity index (χ4n) is 6.47. The van der Waals surface area contributed by atoms with Crippen LogP contribution in [0.4, 0.5) is 0 Å². The second-order valence-corrected chi connectivity index (χ2v) is 15.3. The van der Waals surface area contributed by atoms with Crippen molar-refractivity contribution in [3.63, 3.8) is 0 Å². The molecule has 0 saturated carbocycles. The predicted octanol–water partition coefficient (Wildman–Crippen LogP) is -9.05. The number of primary amides is 1. The van der Waals surface area contributed by atoms with Gasteiger partial charge in [0.1, 0.15) is 78.7 Å². The average Bonchev–Trinajstić information content (AvgIpc) is 3.24. The first-order chi connectivity index (χ1) is 29.9. The van der Waals surface area contributed by atoms with Crippen LogP contribution in [0.5, 0.6) is 5.75 Å². The summed E-state index contributed by atoms with van der Waals surface area (Å²) in [6.45, 7) is 1.69. The van der Waals surface area contributed by atoms with Crippen molar-refractivity contribution in [3.05, 3.63) is 29.8 Å². The Morgan fingerprint density at radius 1 is 0.656 bits per heavy atom. The third kappa shape index (κ3) is 14.1. The second kappa shape index (κ2) is 24.0. The summed E-state index contributed by atoms with van der Waals surface area (Å²) in [5, 5.41) is 119. The number of carboxylic acids is 1. The van der Waals surface area contributed by atoms with Gasteiger partial charge in [0.25, 0.3) is 0 Å². The number of hydrogen-bond acceptors (Lipinski definition) is 21. The number of aliphatic hydroxyl groups is 9. The molecule has 5 amide bonds. The summed E-state index contributed by atoms with van der Waals surface area (Å²) in [6.07, 6.45) is -24.0. The lowest BCUT2D eigenvalue weighted by atomic mass is 9.99. The highest BCUT2D eigenvalue weighted by Gasteiger charge is 2.47. The van der Waals surface area contributed by atoms with Crippen molar-refractivity contribution in [1.82, 2.24) is 21.3 Å². The largest absolute Gasteiger partial charge is 0.508 e. The summed E-state index contributed by atoms with van der Waals surface area (Å²) in [7, 11) is 0. The number of hydrogen-bond donors (Lipinski definition) is 17. The predicted molar refractivity (Wildman–Crippen MR) is 209 cm³/mol. The lowest BCUT2D eigenvalue weighted by Crippen LogP contribution is -2.64. The van der Waals surface area contributed by atoms with E-state index in [1.807, 2.05) is 0 Å². The molecule has 0 spiro atoms. The summed E-state index contributed by atoms with van der Waals surface area (Å²) < 4.78 is 21.8. The third-order valence-electron chi connectivity index (χ3n) is 10.3. The van der Waals surface area contributed by atoms with E-state index in [0.717, 1.165) is 13.8 Å². The Morgan fingerprint density at radius 2 is 1.11 bits per heavy atom. The topological polar surface area (TPSA) is 462 Å². The maximum absolute atomic E-state index is 14.1. The number of rotatable bonds is 22. The molecular weight excluding hydrogens is 864 g/mol. The maximum atomic E-state index is 14.1. The van der Waals surface area contributed by atoms with Crippen molar-refractivity contribution in [2.75, 3.05) is 13.2 Å². The quantitative estimate of drug-likeness (QED) is 0.0513. The molecule has 2 aliphatic rings. The summed E-state index contributed by atoms with van der Waals surface area (Å²) in [6, 6.07) is -4.13. The van der Waals surface area contributed by atoms with Crippen molar-refractivity contribution in [2.24, 2.45) is 11.5 Å². The average molecular weight is 923 g/mol. The van der Waals surface area contributed by atoms with E-state index in [-0.39, 0.29) is 12.2 Å². The minimum Gasteiger partial charge on any atom is -0.508 e. The van der Waals surface area contributed by atoms with Gasteiger partial charge in [0, 0.05) is 6.42 Å². The van der Waals surface area contributed by atoms with Crippen molar-refractivity contribution >= 4 is 35.5 Å². The number of carbonyl (C=O) groups is 6. The third-order valence-corrected chi connectivity index (χ3v) is 10.3. The van der Waals surface area contributed by atoms with E-state index >= 15 is 0 Å². The Morgan fingerprint density at radius 3 is 1.56 bits per heavy atom. The molecule has 64 heavy (non-hydrogen) atoms. The maximum Gasteiger partial charge on any atom is 0.328 e. The van der Waals surface area contributed by atoms with Gasteiger partial charge < -0.3 is 108 Å². The number of phenolic OH excluding ortho intramolecular Hbond substituents is 1. The zero-order valence-electron chi connectivity index (χ0n) is 34.7. The Labute approximate surface area is 364 Å². The van der Waals surface area contributed by atoms with Gasteiger partial charge in [-0.3, -0.25) is 24.0 Å². The van der Waals surface area contributed by atoms with E-state index < -0.39 is 165 Å². The molecular formula is C37H58N6O21. The number of nitrogens with two attached hydrogens (primary N) is 2. The molecule has 362 valence electrons. The lowest BCUT2D eigenvalue weighted by molar-refractivity contribution is -0.311. The lowest BCUT2D eigenvalue weighted by Gasteiger charge is -2.41. The Kier molecular flexibility index (Phi) is 20.1. The fraction of sp³-hybridized carbons (Fsp3) is 0.676. The van der Waals surface area contributed by atoms with E-state index in [9.17, 15) is 84.9 Å². The molecule has 18 atom stereocenters. The van der Waals surface area contributed by atoms with E-state index in [1.165, 1.54) is 31.2 Å². The minimum absolute atomic E-state index is 0.166. The summed E-state index contributed by atoms with van der Waals surface area (Å²) in [5.74, 6) is -8.00. The first kappa shape index (κ1) is 53.6. The smallest absolute Gasteiger partial charge is 0.328 e. The number of ether oxygens (including phenoxy) is 4. The van der Waals surface area contributed by atoms with Gasteiger partial charge in [0.15, 0.2) is 18.6 Å². The molecule has 0 radical (unpaired) electrons. The molecule has 1 aromatic carbocycles. The van der Waals surface area contributed by atoms with E-state index in [2.05, 4.69) is 21.3 Å². The van der Waals surface area contributed by atoms with E-state index in [4.69, 9.17) is 30.4 Å². The summed E-state index contributed by atoms with van der Waals surface area (Å²) in [5.41, 5.74) is 11.8. The summed E-state index contributed by atoms with van der Waals surface area (Å²) in [4.78, 5) is 79.1. The van der Waals surface area contributed by atoms with Crippen LogP contribution in [0.1, 0.15) is 32.8 Å². The molecule has 0 aromatic heterocycles. The fourth-order valence-corrected chi connectivity index (χ4v) is 6.47. The van der Waals surface area contributed by atoms with Crippen LogP contribution >= 0.6 is 0 Å². The highest BCUT2D eigenvalue weighted by Crippen LogP contribution is 2.25. The minimum atomic E-state index is -2.02. The number of carboxylic acid groups (broad SMARTS) is 1. The molecule has 2 heterocycles. The van der Waals surface area contributed by atoms with Crippen LogP contribution in [0.3, 0.4) is 0 Å². The number of aromatic hydroxyl groups is 1. The van der Waals surface area contributed by atoms with Gasteiger partial charge in [-0.15, -0.1) is 0 Å². The van der Waals surface area contributed by atoms with Crippen LogP contribution in [0.2, 0.25) is 0 Å². The Bertz CT molecular complexity index is 1740. The van der Waals surface area contributed by atoms with Crippen molar-refractivity contribution < 1.29 is 104 Å². The van der Waals surface area contributed by atoms with Gasteiger partial charge in [-0.2, -0.15) is 0 Å². The molecule has 2 fully saturated rings. The van der Waals surface area contributed by atoms with Gasteiger partial charge in [-0.25, -0.2) is 4.79 Å². The van der Waals surface area contributed by atoms with Crippen LogP contribution < -0.4 is 32.7 Å². The van der Waals surface area contributed by atoms with Gasteiger partial charge in [-0.1, -0.05) is 12.1 Å². The standard InChI is InChI=1S/C37H58N6O21/c1-12(46)23(35(59)60)42-32(56)17(8-15-4-6-16(47)7-5-15)40-31(55)18(9-21(38)48)41-34(58)24(14(3)62-37-30(54)28(52)26(50)20(11-45)64-37)43-33(57)22(39)13(2)61-36-29(53)27(51)25(49)19(10-44)63-36/h4-7,12-14,17-20,22-30,36-37,44-47,49-54H,8-11,39H2,1-3H3,(H2,38,48)(H,40,55)(H,41,58)(H,42,56)(H,43,57)(H,59,60)/t12-,13-,14-,17+,18+,19-,20-,22+,23+,24+,25-,26-,27+,28+,29-,30-,36-,37-/m1/s1. The molecule has 0 aliphatic carbocycles. The zero-order chi connectivity index (χ0) is 48.3. The van der Waals surface area contributed by atoms with Gasteiger partial charge in [0.2, 0.25) is 29.5 Å². The molecule has 27 heteroatoms. The number of aliphatic carboxylic acids is 1. The van der Waals surface area contributed by atoms with Crippen LogP contribution in [-0.4, -0.2) is 215 Å². The van der Waals surface area contributed by atoms with E-state index in [1.54, 1.807) is 0 Å². The highest BCUT2D eigenvalue weighted by atomic mass is 16.7. The summed E-state index contributed by atoms with van der Waals surface area (Å²) >= 11 is 0. The number of amides is 5. The highest BCUT2D eigenvalue weighted by molar-refractivity contribution is 5.97. The Balaban J connectivity index is 1.94. The second-order valence-electron chi connectivity index (χ2n) is 15.3. The number of phenols is 1. The van der Waals surface area contributed by atoms with Gasteiger partial charge >= 0.3 is 5.97 Å². The number of carbonyl (C=O) groups excluding carboxylic acids is 5. The van der Waals surface area contributed by atoms with Crippen LogP contribution in [0.15, 0.2) is 24.3 Å². The molecule has 2 aliphatic heterocycles. The Hall–Kier alpha value is -4.72. The molecule has 2 saturated heterocycles. The number of benzene rings is 1. The van der Waals surface area contributed by atoms with Crippen molar-refractivity contribution in [3.8, 4) is 5.75 Å². The SMILES string of the molecule is C[C@@H](O)[C@H](NC(=O)[C@H](Cc1ccc(O)cc1)NC(=O)[C@H](CC(N)=O)NC(=O)[C@@H](NC(=O)[C@@H](N)[C@@H](C)O[C@@H]1O[C@H](CO)[C@@H](O)[C@H](O)[C@H]1O)[C@@H](C)O[C@@H]1O[C@H](CO)[C@@H](O)[C@H](O)[C@H]1O)C(=O)O. The van der Waals surface area contributed by atoms with Crippen LogP contribution in [0, 0.1) is 0 Å². The first-order valence-corrected chi connectivity index (χ1v) is 19.8. The molecule has 0 unspecified atom stereocenters. The van der Waals surface area contributed by atoms with Crippen molar-refractivity contribution in [2.45, 2.75) is 144 Å². The first-order valence-electron chi connectivity index (χ1n) is 19.8. The molecule has 0 bridgehead atoms. The molecule has 3 rings (SSSR count). The van der Waals surface area contributed by atoms with Crippen LogP contribution in [-0.2, 0) is 54.1 Å². The molecule has 19 N–H and O–H groups in total. The van der Waals surface area contributed by atoms with Crippen molar-refractivity contribution in [1.29, 1.82) is 0 Å². The number of nitrogens with one attached hydrogen (secondary N) is 4. The molecule has 27 nitrogen and oxygen atoms in total. The monoisotopic (exact) mass is 922 g/mol. The van der Waals surface area contributed by atoms with Gasteiger partial charge in [-0.05, 0) is 38.5 Å². The van der Waals surface area contributed by atoms with E-state index in [0.29, 0.717) is 5.56 Å². The zero-order valence-corrected chi connectivity index (χ0v) is 34.7. The normalized spacial score (nSPS) is 29.6. The molecule has 1 aromatic rings. The van der Waals surface area contributed by atoms with Crippen LogP contribution in [0.25, 0.3) is 0 Å². The van der Waals surface area contributed by atoms with Gasteiger partial charge in [0.05, 0.1) is 37.9 Å².